The Morgan fingerprint density at radius 3 is 2.94 bits per heavy atom. The van der Waals surface area contributed by atoms with Crippen LogP contribution in [-0.2, 0) is 0 Å². The average Bonchev–Trinajstić information content (AvgIpc) is 2.55. The number of hydrogen-bond donors (Lipinski definition) is 1. The Morgan fingerprint density at radius 1 is 1.29 bits per heavy atom. The Kier molecular flexibility index (Phi) is 4.34. The molecule has 1 aromatic rings. The van der Waals surface area contributed by atoms with Gasteiger partial charge in [0.15, 0.2) is 0 Å². The number of hydrogen-bond acceptors (Lipinski definition) is 4. The summed E-state index contributed by atoms with van der Waals surface area (Å²) in [7, 11) is 0. The first-order valence-corrected chi connectivity index (χ1v) is 6.39. The van der Waals surface area contributed by atoms with Gasteiger partial charge in [0.25, 0.3) is 0 Å². The number of pyridine rings is 1. The zero-order valence-electron chi connectivity index (χ0n) is 10.6. The fourth-order valence-corrected chi connectivity index (χ4v) is 2.36. The Labute approximate surface area is 103 Å². The van der Waals surface area contributed by atoms with Crippen LogP contribution in [0.2, 0.25) is 0 Å². The second-order valence-electron chi connectivity index (χ2n) is 4.63. The predicted octanol–water partition coefficient (Wildman–Crippen LogP) is 0.861. The summed E-state index contributed by atoms with van der Waals surface area (Å²) < 4.78 is 0. The van der Waals surface area contributed by atoms with Crippen molar-refractivity contribution in [2.45, 2.75) is 13.3 Å². The van der Waals surface area contributed by atoms with E-state index in [1.807, 2.05) is 13.1 Å². The minimum absolute atomic E-state index is 0.758. The topological polar surface area (TPSA) is 45.4 Å². The normalized spacial score (nSPS) is 18.1. The van der Waals surface area contributed by atoms with Gasteiger partial charge in [0, 0.05) is 50.3 Å². The molecule has 2 heterocycles. The molecule has 94 valence electrons. The largest absolute Gasteiger partial charge is 0.370 e. The number of aromatic nitrogens is 1. The molecule has 17 heavy (non-hydrogen) atoms. The standard InChI is InChI=1S/C13H22N4/c1-12-11-13(3-5-15-12)17-7-2-6-16(8-4-14)9-10-17/h3,5,11H,2,4,6-10,14H2,1H3. The monoisotopic (exact) mass is 234 g/mol. The second kappa shape index (κ2) is 5.98. The van der Waals surface area contributed by atoms with Crippen molar-refractivity contribution in [2.24, 2.45) is 5.73 Å². The molecule has 0 unspecified atom stereocenters. The van der Waals surface area contributed by atoms with Crippen LogP contribution in [0.3, 0.4) is 0 Å². The number of nitrogens with two attached hydrogens (primary N) is 1. The van der Waals surface area contributed by atoms with Crippen molar-refractivity contribution in [2.75, 3.05) is 44.2 Å². The molecule has 1 fully saturated rings. The van der Waals surface area contributed by atoms with Crippen LogP contribution < -0.4 is 10.6 Å². The van der Waals surface area contributed by atoms with E-state index in [4.69, 9.17) is 5.73 Å². The zero-order valence-corrected chi connectivity index (χ0v) is 10.6. The molecule has 2 rings (SSSR count). The molecule has 0 atom stereocenters. The van der Waals surface area contributed by atoms with Crippen LogP contribution in [0.1, 0.15) is 12.1 Å². The first-order valence-electron chi connectivity index (χ1n) is 6.39. The maximum Gasteiger partial charge on any atom is 0.0400 e. The van der Waals surface area contributed by atoms with Crippen LogP contribution in [0.4, 0.5) is 5.69 Å². The van der Waals surface area contributed by atoms with Crippen molar-refractivity contribution in [3.63, 3.8) is 0 Å². The van der Waals surface area contributed by atoms with Crippen LogP contribution in [0.5, 0.6) is 0 Å². The van der Waals surface area contributed by atoms with Crippen LogP contribution >= 0.6 is 0 Å². The van der Waals surface area contributed by atoms with E-state index in [2.05, 4.69) is 26.9 Å². The molecule has 0 bridgehead atoms. The quantitative estimate of drug-likeness (QED) is 0.842. The third kappa shape index (κ3) is 3.41. The lowest BCUT2D eigenvalue weighted by Gasteiger charge is -2.23. The molecule has 4 heteroatoms. The van der Waals surface area contributed by atoms with Crippen LogP contribution in [0, 0.1) is 6.92 Å². The molecular weight excluding hydrogens is 212 g/mol. The lowest BCUT2D eigenvalue weighted by molar-refractivity contribution is 0.302. The highest BCUT2D eigenvalue weighted by atomic mass is 15.2. The molecule has 0 saturated carbocycles. The number of rotatable bonds is 3. The first-order chi connectivity index (χ1) is 8.29. The van der Waals surface area contributed by atoms with E-state index in [1.165, 1.54) is 12.1 Å². The maximum absolute atomic E-state index is 5.61. The van der Waals surface area contributed by atoms with Gasteiger partial charge in [-0.2, -0.15) is 0 Å². The molecule has 1 aromatic heterocycles. The van der Waals surface area contributed by atoms with Crippen LogP contribution in [-0.4, -0.2) is 49.2 Å². The predicted molar refractivity (Wildman–Crippen MR) is 71.3 cm³/mol. The van der Waals surface area contributed by atoms with Gasteiger partial charge >= 0.3 is 0 Å². The molecule has 0 aliphatic carbocycles. The van der Waals surface area contributed by atoms with Gasteiger partial charge in [-0.15, -0.1) is 0 Å². The van der Waals surface area contributed by atoms with Crippen molar-refractivity contribution in [1.29, 1.82) is 0 Å². The van der Waals surface area contributed by atoms with E-state index < -0.39 is 0 Å². The summed E-state index contributed by atoms with van der Waals surface area (Å²) >= 11 is 0. The Bertz CT molecular complexity index is 353. The number of nitrogens with zero attached hydrogens (tertiary/aromatic N) is 3. The van der Waals surface area contributed by atoms with Gasteiger partial charge in [-0.05, 0) is 32.0 Å². The fraction of sp³-hybridized carbons (Fsp3) is 0.615. The summed E-state index contributed by atoms with van der Waals surface area (Å²) in [4.78, 5) is 9.15. The lowest BCUT2D eigenvalue weighted by atomic mass is 10.3. The van der Waals surface area contributed by atoms with Gasteiger partial charge in [0.2, 0.25) is 0 Å². The van der Waals surface area contributed by atoms with Crippen molar-refractivity contribution < 1.29 is 0 Å². The van der Waals surface area contributed by atoms with E-state index in [0.29, 0.717) is 0 Å². The first kappa shape index (κ1) is 12.3. The van der Waals surface area contributed by atoms with Gasteiger partial charge in [-0.25, -0.2) is 0 Å². The maximum atomic E-state index is 5.61. The second-order valence-corrected chi connectivity index (χ2v) is 4.63. The van der Waals surface area contributed by atoms with Gasteiger partial charge in [0.05, 0.1) is 0 Å². The third-order valence-corrected chi connectivity index (χ3v) is 3.28. The smallest absolute Gasteiger partial charge is 0.0400 e. The zero-order chi connectivity index (χ0) is 12.1. The van der Waals surface area contributed by atoms with Gasteiger partial charge < -0.3 is 15.5 Å². The molecule has 0 aromatic carbocycles. The summed E-state index contributed by atoms with van der Waals surface area (Å²) in [6.45, 7) is 8.31. The minimum Gasteiger partial charge on any atom is -0.370 e. The highest BCUT2D eigenvalue weighted by Gasteiger charge is 2.14. The summed E-state index contributed by atoms with van der Waals surface area (Å²) in [6.07, 6.45) is 3.11. The highest BCUT2D eigenvalue weighted by Crippen LogP contribution is 2.16. The van der Waals surface area contributed by atoms with E-state index in [1.54, 1.807) is 0 Å². The molecule has 1 aliphatic heterocycles. The van der Waals surface area contributed by atoms with E-state index in [0.717, 1.165) is 45.0 Å². The average molecular weight is 234 g/mol. The summed E-state index contributed by atoms with van der Waals surface area (Å²) in [5.74, 6) is 0. The molecule has 2 N–H and O–H groups in total. The number of anilines is 1. The van der Waals surface area contributed by atoms with Crippen LogP contribution in [0.15, 0.2) is 18.3 Å². The number of aryl methyl sites for hydroxylation is 1. The lowest BCUT2D eigenvalue weighted by Crippen LogP contribution is -2.33. The van der Waals surface area contributed by atoms with Gasteiger partial charge in [0.1, 0.15) is 0 Å². The van der Waals surface area contributed by atoms with E-state index in [9.17, 15) is 0 Å². The van der Waals surface area contributed by atoms with Gasteiger partial charge in [-0.3, -0.25) is 4.98 Å². The Morgan fingerprint density at radius 2 is 2.18 bits per heavy atom. The minimum atomic E-state index is 0.758. The Balaban J connectivity index is 1.99. The summed E-state index contributed by atoms with van der Waals surface area (Å²) in [5.41, 5.74) is 8.00. The molecule has 1 aliphatic rings. The van der Waals surface area contributed by atoms with Crippen molar-refractivity contribution in [3.05, 3.63) is 24.0 Å². The van der Waals surface area contributed by atoms with Crippen LogP contribution in [0.25, 0.3) is 0 Å². The van der Waals surface area contributed by atoms with E-state index in [-0.39, 0.29) is 0 Å². The van der Waals surface area contributed by atoms with Gasteiger partial charge in [-0.1, -0.05) is 0 Å². The summed E-state index contributed by atoms with van der Waals surface area (Å²) in [6, 6.07) is 4.27. The third-order valence-electron chi connectivity index (χ3n) is 3.28. The molecule has 4 nitrogen and oxygen atoms in total. The molecular formula is C13H22N4. The molecule has 1 saturated heterocycles. The molecule has 0 amide bonds. The van der Waals surface area contributed by atoms with Crippen molar-refractivity contribution in [3.8, 4) is 0 Å². The van der Waals surface area contributed by atoms with Crippen molar-refractivity contribution >= 4 is 5.69 Å². The van der Waals surface area contributed by atoms with E-state index >= 15 is 0 Å². The summed E-state index contributed by atoms with van der Waals surface area (Å²) in [5, 5.41) is 0. The van der Waals surface area contributed by atoms with Crippen molar-refractivity contribution in [1.82, 2.24) is 9.88 Å². The Hall–Kier alpha value is -1.13. The SMILES string of the molecule is Cc1cc(N2CCCN(CCN)CC2)ccn1. The highest BCUT2D eigenvalue weighted by molar-refractivity contribution is 5.46. The molecule has 0 spiro atoms. The molecule has 0 radical (unpaired) electrons. The fourth-order valence-electron chi connectivity index (χ4n) is 2.36.